The van der Waals surface area contributed by atoms with Gasteiger partial charge in [-0.25, -0.2) is 0 Å². The van der Waals surface area contributed by atoms with Crippen LogP contribution in [0.4, 0.5) is 5.69 Å². The molecule has 2 aromatic carbocycles. The summed E-state index contributed by atoms with van der Waals surface area (Å²) in [6, 6.07) is 16.8. The molecule has 128 valence electrons. The minimum Gasteiger partial charge on any atom is -0.394 e. The summed E-state index contributed by atoms with van der Waals surface area (Å²) in [6.07, 6.45) is -1.13. The molecule has 0 bridgehead atoms. The zero-order chi connectivity index (χ0) is 18.2. The summed E-state index contributed by atoms with van der Waals surface area (Å²) in [5.41, 5.74) is 1.88. The molecule has 0 amide bonds. The first kappa shape index (κ1) is 18.1. The number of rotatable bonds is 7. The first-order chi connectivity index (χ1) is 12.0. The smallest absolute Gasteiger partial charge is 0.269 e. The highest BCUT2D eigenvalue weighted by molar-refractivity contribution is 5.98. The molecule has 2 unspecified atom stereocenters. The van der Waals surface area contributed by atoms with Crippen LogP contribution in [0.15, 0.2) is 59.8 Å². The maximum atomic E-state index is 10.7. The highest BCUT2D eigenvalue weighted by Gasteiger charge is 2.22. The monoisotopic (exact) mass is 339 g/mol. The van der Waals surface area contributed by atoms with Gasteiger partial charge in [-0.15, -0.1) is 0 Å². The number of hydrogen-bond donors (Lipinski definition) is 1. The molecular formula is C18H17N3O4. The first-order valence-electron chi connectivity index (χ1n) is 7.57. The molecule has 0 spiro atoms. The molecule has 1 N–H and O–H groups in total. The summed E-state index contributed by atoms with van der Waals surface area (Å²) >= 11 is 0. The lowest BCUT2D eigenvalue weighted by atomic mass is 9.97. The Morgan fingerprint density at radius 1 is 1.28 bits per heavy atom. The van der Waals surface area contributed by atoms with E-state index in [1.165, 1.54) is 24.3 Å². The maximum absolute atomic E-state index is 10.7. The van der Waals surface area contributed by atoms with Gasteiger partial charge in [0.25, 0.3) is 5.69 Å². The van der Waals surface area contributed by atoms with Gasteiger partial charge in [0.15, 0.2) is 0 Å². The van der Waals surface area contributed by atoms with E-state index in [9.17, 15) is 20.5 Å². The molecule has 0 aromatic heterocycles. The van der Waals surface area contributed by atoms with Gasteiger partial charge >= 0.3 is 0 Å². The fourth-order valence-corrected chi connectivity index (χ4v) is 2.17. The van der Waals surface area contributed by atoms with Crippen molar-refractivity contribution in [1.82, 2.24) is 0 Å². The second-order valence-electron chi connectivity index (χ2n) is 5.37. The van der Waals surface area contributed by atoms with E-state index in [0.717, 1.165) is 5.56 Å². The summed E-state index contributed by atoms with van der Waals surface area (Å²) in [7, 11) is 0. The zero-order valence-electron chi connectivity index (χ0n) is 13.6. The van der Waals surface area contributed by atoms with Crippen LogP contribution in [0, 0.1) is 27.4 Å². The van der Waals surface area contributed by atoms with E-state index in [1.807, 2.05) is 36.4 Å². The first-order valence-corrected chi connectivity index (χ1v) is 7.57. The van der Waals surface area contributed by atoms with Gasteiger partial charge < -0.3 is 9.94 Å². The van der Waals surface area contributed by atoms with Gasteiger partial charge in [-0.05, 0) is 30.2 Å². The van der Waals surface area contributed by atoms with Crippen LogP contribution in [0.2, 0.25) is 0 Å². The Morgan fingerprint density at radius 2 is 1.92 bits per heavy atom. The van der Waals surface area contributed by atoms with Crippen LogP contribution >= 0.6 is 0 Å². The SMILES string of the molecule is C/C(=N\OCC(C#N)C(O)c1ccc([N+](=O)[O-])cc1)c1ccccc1. The van der Waals surface area contributed by atoms with Crippen molar-refractivity contribution in [2.24, 2.45) is 11.1 Å². The number of non-ortho nitro benzene ring substituents is 1. The van der Waals surface area contributed by atoms with Crippen LogP contribution in [-0.2, 0) is 4.84 Å². The summed E-state index contributed by atoms with van der Waals surface area (Å²) in [6.45, 7) is 1.68. The Bertz CT molecular complexity index is 782. The number of benzene rings is 2. The van der Waals surface area contributed by atoms with Gasteiger partial charge in [0, 0.05) is 12.1 Å². The average molecular weight is 339 g/mol. The summed E-state index contributed by atoms with van der Waals surface area (Å²) in [4.78, 5) is 15.3. The number of nitrogens with zero attached hydrogens (tertiary/aromatic N) is 3. The highest BCUT2D eigenvalue weighted by Crippen LogP contribution is 2.24. The van der Waals surface area contributed by atoms with E-state index >= 15 is 0 Å². The molecule has 0 saturated carbocycles. The molecule has 2 aromatic rings. The number of nitro groups is 1. The Kier molecular flexibility index (Phi) is 6.20. The summed E-state index contributed by atoms with van der Waals surface area (Å²) < 4.78 is 0. The molecule has 2 atom stereocenters. The number of nitriles is 1. The van der Waals surface area contributed by atoms with E-state index in [4.69, 9.17) is 4.84 Å². The molecule has 7 heteroatoms. The highest BCUT2D eigenvalue weighted by atomic mass is 16.6. The fraction of sp³-hybridized carbons (Fsp3) is 0.222. The fourth-order valence-electron chi connectivity index (χ4n) is 2.17. The largest absolute Gasteiger partial charge is 0.394 e. The lowest BCUT2D eigenvalue weighted by Gasteiger charge is -2.16. The molecule has 0 aliphatic rings. The minimum absolute atomic E-state index is 0.0798. The maximum Gasteiger partial charge on any atom is 0.269 e. The van der Waals surface area contributed by atoms with Crippen molar-refractivity contribution < 1.29 is 14.9 Å². The van der Waals surface area contributed by atoms with Crippen molar-refractivity contribution in [3.8, 4) is 6.07 Å². The summed E-state index contributed by atoms with van der Waals surface area (Å²) in [5.74, 6) is -0.853. The number of aliphatic hydroxyl groups excluding tert-OH is 1. The van der Waals surface area contributed by atoms with Crippen LogP contribution < -0.4 is 0 Å². The number of oxime groups is 1. The standard InChI is InChI=1S/C18H17N3O4/c1-13(14-5-3-2-4-6-14)20-25-12-16(11-19)18(22)15-7-9-17(10-8-15)21(23)24/h2-10,16,18,22H,12H2,1H3/b20-13+. The van der Waals surface area contributed by atoms with Crippen LogP contribution in [0.25, 0.3) is 0 Å². The zero-order valence-corrected chi connectivity index (χ0v) is 13.6. The van der Waals surface area contributed by atoms with E-state index in [0.29, 0.717) is 11.3 Å². The predicted molar refractivity (Wildman–Crippen MR) is 91.8 cm³/mol. The molecule has 0 aliphatic carbocycles. The Balaban J connectivity index is 1.99. The van der Waals surface area contributed by atoms with Crippen molar-refractivity contribution in [2.75, 3.05) is 6.61 Å². The topological polar surface area (TPSA) is 109 Å². The second kappa shape index (κ2) is 8.57. The van der Waals surface area contributed by atoms with Crippen molar-refractivity contribution in [2.45, 2.75) is 13.0 Å². The van der Waals surface area contributed by atoms with E-state index in [2.05, 4.69) is 5.16 Å². The quantitative estimate of drug-likeness (QED) is 0.473. The third-order valence-corrected chi connectivity index (χ3v) is 3.64. The van der Waals surface area contributed by atoms with Gasteiger partial charge in [0.05, 0.1) is 22.8 Å². The Morgan fingerprint density at radius 3 is 2.48 bits per heavy atom. The molecule has 0 aliphatic heterocycles. The van der Waals surface area contributed by atoms with Crippen LogP contribution in [0.1, 0.15) is 24.2 Å². The van der Waals surface area contributed by atoms with Gasteiger partial charge in [-0.2, -0.15) is 5.26 Å². The van der Waals surface area contributed by atoms with Crippen LogP contribution in [0.5, 0.6) is 0 Å². The Labute approximate surface area is 144 Å². The molecule has 7 nitrogen and oxygen atoms in total. The Hall–Kier alpha value is -3.24. The number of nitro benzene ring substituents is 1. The average Bonchev–Trinajstić information content (AvgIpc) is 2.65. The van der Waals surface area contributed by atoms with Crippen molar-refractivity contribution in [3.63, 3.8) is 0 Å². The lowest BCUT2D eigenvalue weighted by Crippen LogP contribution is -2.16. The third-order valence-electron chi connectivity index (χ3n) is 3.64. The molecule has 0 radical (unpaired) electrons. The third kappa shape index (κ3) is 4.86. The van der Waals surface area contributed by atoms with Crippen LogP contribution in [0.3, 0.4) is 0 Å². The number of aliphatic hydroxyl groups is 1. The van der Waals surface area contributed by atoms with Crippen LogP contribution in [-0.4, -0.2) is 22.3 Å². The predicted octanol–water partition coefficient (Wildman–Crippen LogP) is 3.21. The van der Waals surface area contributed by atoms with Gasteiger partial charge in [0.1, 0.15) is 12.5 Å². The van der Waals surface area contributed by atoms with E-state index in [-0.39, 0.29) is 12.3 Å². The van der Waals surface area contributed by atoms with Gasteiger partial charge in [-0.1, -0.05) is 35.5 Å². The molecule has 2 rings (SSSR count). The molecule has 0 saturated heterocycles. The minimum atomic E-state index is -1.13. The second-order valence-corrected chi connectivity index (χ2v) is 5.37. The van der Waals surface area contributed by atoms with Crippen molar-refractivity contribution >= 4 is 11.4 Å². The van der Waals surface area contributed by atoms with Gasteiger partial charge in [-0.3, -0.25) is 10.1 Å². The number of hydrogen-bond acceptors (Lipinski definition) is 6. The molecule has 0 fully saturated rings. The van der Waals surface area contributed by atoms with Gasteiger partial charge in [0.2, 0.25) is 0 Å². The van der Waals surface area contributed by atoms with Crippen molar-refractivity contribution in [3.05, 3.63) is 75.8 Å². The van der Waals surface area contributed by atoms with Crippen molar-refractivity contribution in [1.29, 1.82) is 5.26 Å². The summed E-state index contributed by atoms with van der Waals surface area (Å²) in [5, 5.41) is 34.1. The normalized spacial score (nSPS) is 13.6. The molecule has 25 heavy (non-hydrogen) atoms. The lowest BCUT2D eigenvalue weighted by molar-refractivity contribution is -0.384. The molecular weight excluding hydrogens is 322 g/mol. The molecule has 0 heterocycles. The van der Waals surface area contributed by atoms with E-state index < -0.39 is 16.9 Å². The van der Waals surface area contributed by atoms with E-state index in [1.54, 1.807) is 6.92 Å².